The van der Waals surface area contributed by atoms with Crippen molar-refractivity contribution in [3.8, 4) is 0 Å². The molecule has 2 heterocycles. The SMILES string of the molecule is CN(Cc1ccsc1)C(=O)COC(=O)c1ccc([N+](=O)[O-])o1. The van der Waals surface area contributed by atoms with Gasteiger partial charge in [0.05, 0.1) is 6.07 Å². The van der Waals surface area contributed by atoms with Crippen LogP contribution in [0.2, 0.25) is 0 Å². The molecule has 0 saturated heterocycles. The van der Waals surface area contributed by atoms with Gasteiger partial charge in [-0.25, -0.2) is 4.79 Å². The highest BCUT2D eigenvalue weighted by atomic mass is 32.1. The fourth-order valence-corrected chi connectivity index (χ4v) is 2.25. The number of hydrogen-bond acceptors (Lipinski definition) is 7. The second-order valence-electron chi connectivity index (χ2n) is 4.35. The molecule has 0 unspecified atom stereocenters. The van der Waals surface area contributed by atoms with Gasteiger partial charge in [0.2, 0.25) is 5.76 Å². The first kappa shape index (κ1) is 15.7. The van der Waals surface area contributed by atoms with Gasteiger partial charge < -0.3 is 14.1 Å². The van der Waals surface area contributed by atoms with E-state index in [1.54, 1.807) is 7.05 Å². The molecule has 0 saturated carbocycles. The van der Waals surface area contributed by atoms with Crippen LogP contribution in [-0.2, 0) is 16.1 Å². The molecule has 2 rings (SSSR count). The third-order valence-corrected chi connectivity index (χ3v) is 3.46. The summed E-state index contributed by atoms with van der Waals surface area (Å²) in [5.41, 5.74) is 0.980. The van der Waals surface area contributed by atoms with Gasteiger partial charge in [0.25, 0.3) is 5.91 Å². The van der Waals surface area contributed by atoms with E-state index in [4.69, 9.17) is 4.74 Å². The van der Waals surface area contributed by atoms with Gasteiger partial charge in [-0.05, 0) is 28.5 Å². The molecule has 0 N–H and O–H groups in total. The molecule has 0 aromatic carbocycles. The van der Waals surface area contributed by atoms with E-state index >= 15 is 0 Å². The van der Waals surface area contributed by atoms with Crippen LogP contribution >= 0.6 is 11.3 Å². The number of esters is 1. The third kappa shape index (κ3) is 3.92. The minimum atomic E-state index is -0.926. The molecule has 0 spiro atoms. The van der Waals surface area contributed by atoms with Crippen molar-refractivity contribution in [2.24, 2.45) is 0 Å². The van der Waals surface area contributed by atoms with Crippen LogP contribution in [-0.4, -0.2) is 35.4 Å². The number of nitrogens with zero attached hydrogens (tertiary/aromatic N) is 2. The monoisotopic (exact) mass is 324 g/mol. The molecule has 2 aromatic heterocycles. The van der Waals surface area contributed by atoms with Crippen LogP contribution < -0.4 is 0 Å². The maximum Gasteiger partial charge on any atom is 0.433 e. The molecule has 22 heavy (non-hydrogen) atoms. The highest BCUT2D eigenvalue weighted by molar-refractivity contribution is 7.07. The Kier molecular flexibility index (Phi) is 4.89. The van der Waals surface area contributed by atoms with E-state index in [9.17, 15) is 19.7 Å². The van der Waals surface area contributed by atoms with Crippen LogP contribution in [0.1, 0.15) is 16.1 Å². The lowest BCUT2D eigenvalue weighted by Gasteiger charge is -2.16. The highest BCUT2D eigenvalue weighted by Gasteiger charge is 2.20. The molecule has 8 nitrogen and oxygen atoms in total. The van der Waals surface area contributed by atoms with Crippen molar-refractivity contribution in [2.45, 2.75) is 6.54 Å². The first-order valence-electron chi connectivity index (χ1n) is 6.13. The lowest BCUT2D eigenvalue weighted by molar-refractivity contribution is -0.402. The average molecular weight is 324 g/mol. The summed E-state index contributed by atoms with van der Waals surface area (Å²) in [5.74, 6) is -2.20. The Bertz CT molecular complexity index is 679. The zero-order valence-corrected chi connectivity index (χ0v) is 12.4. The zero-order valence-electron chi connectivity index (χ0n) is 11.6. The number of likely N-dealkylation sites (N-methyl/N-ethyl adjacent to an activating group) is 1. The molecule has 116 valence electrons. The molecular formula is C13H12N2O6S. The van der Waals surface area contributed by atoms with E-state index in [1.165, 1.54) is 16.2 Å². The number of nitro groups is 1. The second kappa shape index (κ2) is 6.85. The Morgan fingerprint density at radius 3 is 2.77 bits per heavy atom. The first-order chi connectivity index (χ1) is 10.5. The summed E-state index contributed by atoms with van der Waals surface area (Å²) in [5, 5.41) is 14.3. The minimum absolute atomic E-state index is 0.319. The van der Waals surface area contributed by atoms with Gasteiger partial charge in [-0.3, -0.25) is 14.9 Å². The van der Waals surface area contributed by atoms with E-state index < -0.39 is 23.4 Å². The molecule has 2 aromatic rings. The fourth-order valence-electron chi connectivity index (χ4n) is 1.59. The molecule has 0 bridgehead atoms. The highest BCUT2D eigenvalue weighted by Crippen LogP contribution is 2.16. The summed E-state index contributed by atoms with van der Waals surface area (Å²) in [6.45, 7) is -0.0555. The van der Waals surface area contributed by atoms with Crippen molar-refractivity contribution in [3.63, 3.8) is 0 Å². The van der Waals surface area contributed by atoms with Crippen LogP contribution in [0.4, 0.5) is 5.88 Å². The van der Waals surface area contributed by atoms with Gasteiger partial charge in [0.15, 0.2) is 6.61 Å². The van der Waals surface area contributed by atoms with Gasteiger partial charge in [-0.15, -0.1) is 0 Å². The summed E-state index contributed by atoms with van der Waals surface area (Å²) in [6, 6.07) is 4.06. The summed E-state index contributed by atoms with van der Waals surface area (Å²) >= 11 is 1.52. The Hall–Kier alpha value is -2.68. The van der Waals surface area contributed by atoms with Gasteiger partial charge in [0, 0.05) is 13.6 Å². The molecule has 0 aliphatic rings. The number of thiophene rings is 1. The standard InChI is InChI=1S/C13H12N2O6S/c1-14(6-9-4-5-22-8-9)11(16)7-20-13(17)10-2-3-12(21-10)15(18)19/h2-5,8H,6-7H2,1H3. The smallest absolute Gasteiger partial charge is 0.433 e. The van der Waals surface area contributed by atoms with E-state index in [2.05, 4.69) is 4.42 Å². The Morgan fingerprint density at radius 1 is 1.41 bits per heavy atom. The summed E-state index contributed by atoms with van der Waals surface area (Å²) in [6.07, 6.45) is 0. The van der Waals surface area contributed by atoms with Crippen LogP contribution in [0.25, 0.3) is 0 Å². The summed E-state index contributed by atoms with van der Waals surface area (Å²) in [4.78, 5) is 34.5. The quantitative estimate of drug-likeness (QED) is 0.458. The molecule has 0 fully saturated rings. The number of carbonyl (C=O) groups excluding carboxylic acids is 2. The lowest BCUT2D eigenvalue weighted by atomic mass is 10.3. The van der Waals surface area contributed by atoms with Crippen LogP contribution in [0.5, 0.6) is 0 Å². The second-order valence-corrected chi connectivity index (χ2v) is 5.13. The van der Waals surface area contributed by atoms with E-state index in [-0.39, 0.29) is 11.7 Å². The molecule has 1 amide bonds. The van der Waals surface area contributed by atoms with E-state index in [0.717, 1.165) is 17.7 Å². The topological polar surface area (TPSA) is 103 Å². The van der Waals surface area contributed by atoms with E-state index in [0.29, 0.717) is 6.54 Å². The predicted molar refractivity (Wildman–Crippen MR) is 76.4 cm³/mol. The summed E-state index contributed by atoms with van der Waals surface area (Å²) in [7, 11) is 1.59. The average Bonchev–Trinajstić information content (AvgIpc) is 3.15. The molecule has 0 aliphatic carbocycles. The van der Waals surface area contributed by atoms with Crippen LogP contribution in [0.15, 0.2) is 33.4 Å². The van der Waals surface area contributed by atoms with Crippen molar-refractivity contribution < 1.29 is 23.7 Å². The van der Waals surface area contributed by atoms with Gasteiger partial charge in [-0.2, -0.15) is 11.3 Å². The van der Waals surface area contributed by atoms with Crippen LogP contribution in [0.3, 0.4) is 0 Å². The largest absolute Gasteiger partial charge is 0.450 e. The fraction of sp³-hybridized carbons (Fsp3) is 0.231. The molecule has 0 radical (unpaired) electrons. The molecule has 0 atom stereocenters. The summed E-state index contributed by atoms with van der Waals surface area (Å²) < 4.78 is 9.47. The molecule has 9 heteroatoms. The van der Waals surface area contributed by atoms with Crippen molar-refractivity contribution in [3.05, 3.63) is 50.4 Å². The third-order valence-electron chi connectivity index (χ3n) is 2.73. The van der Waals surface area contributed by atoms with Gasteiger partial charge >= 0.3 is 11.9 Å². The van der Waals surface area contributed by atoms with Gasteiger partial charge in [-0.1, -0.05) is 0 Å². The maximum absolute atomic E-state index is 11.8. The zero-order chi connectivity index (χ0) is 16.1. The number of furan rings is 1. The molecule has 0 aliphatic heterocycles. The van der Waals surface area contributed by atoms with Crippen molar-refractivity contribution >= 4 is 29.1 Å². The van der Waals surface area contributed by atoms with Gasteiger partial charge in [0.1, 0.15) is 4.92 Å². The van der Waals surface area contributed by atoms with Crippen molar-refractivity contribution in [1.29, 1.82) is 0 Å². The Labute approximate surface area is 129 Å². The maximum atomic E-state index is 11.8. The Balaban J connectivity index is 1.84. The van der Waals surface area contributed by atoms with Crippen LogP contribution in [0, 0.1) is 10.1 Å². The normalized spacial score (nSPS) is 10.2. The lowest BCUT2D eigenvalue weighted by Crippen LogP contribution is -2.30. The first-order valence-corrected chi connectivity index (χ1v) is 7.08. The molecular weight excluding hydrogens is 312 g/mol. The number of rotatable bonds is 6. The number of carbonyl (C=O) groups is 2. The number of ether oxygens (including phenoxy) is 1. The predicted octanol–water partition coefficient (Wildman–Crippen LogP) is 2.06. The van der Waals surface area contributed by atoms with Crippen molar-refractivity contribution in [2.75, 3.05) is 13.7 Å². The van der Waals surface area contributed by atoms with Crippen molar-refractivity contribution in [1.82, 2.24) is 4.90 Å². The minimum Gasteiger partial charge on any atom is -0.450 e. The Morgan fingerprint density at radius 2 is 2.18 bits per heavy atom. The number of amides is 1. The number of hydrogen-bond donors (Lipinski definition) is 0. The van der Waals surface area contributed by atoms with E-state index in [1.807, 2.05) is 16.8 Å².